The molecule has 1 unspecified atom stereocenters. The summed E-state index contributed by atoms with van der Waals surface area (Å²) in [5.74, 6) is 0.709. The van der Waals surface area contributed by atoms with Gasteiger partial charge in [0.25, 0.3) is 0 Å². The summed E-state index contributed by atoms with van der Waals surface area (Å²) in [5, 5.41) is 3.49. The number of hydrogen-bond acceptors (Lipinski definition) is 2. The van der Waals surface area contributed by atoms with E-state index in [1.807, 2.05) is 0 Å². The molecular formula is C15H31NO. The van der Waals surface area contributed by atoms with E-state index in [4.69, 9.17) is 4.74 Å². The van der Waals surface area contributed by atoms with E-state index in [9.17, 15) is 0 Å². The average molecular weight is 241 g/mol. The van der Waals surface area contributed by atoms with Crippen LogP contribution in [0.15, 0.2) is 0 Å². The summed E-state index contributed by atoms with van der Waals surface area (Å²) in [6.45, 7) is 9.78. The molecule has 0 saturated heterocycles. The van der Waals surface area contributed by atoms with Gasteiger partial charge in [-0.25, -0.2) is 0 Å². The molecule has 17 heavy (non-hydrogen) atoms. The van der Waals surface area contributed by atoms with Gasteiger partial charge in [-0.15, -0.1) is 0 Å². The molecule has 1 fully saturated rings. The third kappa shape index (κ3) is 5.39. The van der Waals surface area contributed by atoms with E-state index in [0.29, 0.717) is 5.92 Å². The fraction of sp³-hybridized carbons (Fsp3) is 1.00. The Balaban J connectivity index is 2.39. The van der Waals surface area contributed by atoms with Gasteiger partial charge in [0.2, 0.25) is 0 Å². The van der Waals surface area contributed by atoms with E-state index < -0.39 is 0 Å². The van der Waals surface area contributed by atoms with Crippen LogP contribution in [0.1, 0.15) is 65.7 Å². The molecule has 0 aliphatic heterocycles. The molecule has 1 aliphatic carbocycles. The Morgan fingerprint density at radius 1 is 1.18 bits per heavy atom. The van der Waals surface area contributed by atoms with Crippen LogP contribution in [0.3, 0.4) is 0 Å². The number of nitrogens with one attached hydrogen (secondary N) is 1. The topological polar surface area (TPSA) is 21.3 Å². The van der Waals surface area contributed by atoms with Gasteiger partial charge < -0.3 is 10.1 Å². The van der Waals surface area contributed by atoms with Gasteiger partial charge in [0, 0.05) is 13.2 Å². The van der Waals surface area contributed by atoms with Crippen LogP contribution >= 0.6 is 0 Å². The largest absolute Gasteiger partial charge is 0.373 e. The minimum absolute atomic E-state index is 0.149. The van der Waals surface area contributed by atoms with Crippen LogP contribution in [0.25, 0.3) is 0 Å². The van der Waals surface area contributed by atoms with Crippen LogP contribution in [0, 0.1) is 5.92 Å². The number of hydrogen-bond donors (Lipinski definition) is 1. The number of rotatable bonds is 8. The maximum absolute atomic E-state index is 6.32. The molecule has 1 N–H and O–H groups in total. The number of ether oxygens (including phenoxy) is 1. The van der Waals surface area contributed by atoms with E-state index >= 15 is 0 Å². The quantitative estimate of drug-likeness (QED) is 0.699. The molecule has 1 aliphatic rings. The van der Waals surface area contributed by atoms with Gasteiger partial charge in [-0.2, -0.15) is 0 Å². The Kier molecular flexibility index (Phi) is 7.14. The summed E-state index contributed by atoms with van der Waals surface area (Å²) < 4.78 is 6.32. The van der Waals surface area contributed by atoms with Gasteiger partial charge in [0.15, 0.2) is 0 Å². The first-order valence-corrected chi connectivity index (χ1v) is 7.57. The first kappa shape index (κ1) is 15.0. The lowest BCUT2D eigenvalue weighted by Crippen LogP contribution is -2.45. The molecule has 2 heteroatoms. The fourth-order valence-corrected chi connectivity index (χ4v) is 2.82. The van der Waals surface area contributed by atoms with Crippen molar-refractivity contribution < 1.29 is 4.74 Å². The summed E-state index contributed by atoms with van der Waals surface area (Å²) in [5.41, 5.74) is 0.149. The highest BCUT2D eigenvalue weighted by Crippen LogP contribution is 2.31. The second kappa shape index (κ2) is 8.10. The Bertz CT molecular complexity index is 187. The molecule has 102 valence electrons. The third-order valence-electron chi connectivity index (χ3n) is 3.92. The highest BCUT2D eigenvalue weighted by atomic mass is 16.5. The minimum atomic E-state index is 0.149. The Morgan fingerprint density at radius 2 is 1.88 bits per heavy atom. The van der Waals surface area contributed by atoms with E-state index in [1.165, 1.54) is 44.9 Å². The van der Waals surface area contributed by atoms with Gasteiger partial charge in [-0.1, -0.05) is 46.5 Å². The average Bonchev–Trinajstić information content (AvgIpc) is 2.36. The molecule has 2 nitrogen and oxygen atoms in total. The van der Waals surface area contributed by atoms with Gasteiger partial charge in [0.05, 0.1) is 5.60 Å². The summed E-state index contributed by atoms with van der Waals surface area (Å²) >= 11 is 0. The molecule has 0 bridgehead atoms. The van der Waals surface area contributed by atoms with Gasteiger partial charge in [0.1, 0.15) is 0 Å². The molecule has 0 aromatic carbocycles. The van der Waals surface area contributed by atoms with Crippen molar-refractivity contribution in [2.24, 2.45) is 5.92 Å². The first-order valence-electron chi connectivity index (χ1n) is 7.57. The van der Waals surface area contributed by atoms with Crippen molar-refractivity contribution in [3.05, 3.63) is 0 Å². The van der Waals surface area contributed by atoms with Crippen molar-refractivity contribution in [1.82, 2.24) is 5.32 Å². The molecule has 0 aromatic heterocycles. The number of likely N-dealkylation sites (N-methyl/N-ethyl adjacent to an activating group) is 1. The van der Waals surface area contributed by atoms with Crippen molar-refractivity contribution in [3.8, 4) is 0 Å². The minimum Gasteiger partial charge on any atom is -0.373 e. The Labute approximate surface area is 108 Å². The van der Waals surface area contributed by atoms with Gasteiger partial charge in [-0.3, -0.25) is 0 Å². The van der Waals surface area contributed by atoms with Crippen LogP contribution in [0.2, 0.25) is 0 Å². The van der Waals surface area contributed by atoms with Crippen LogP contribution in [-0.4, -0.2) is 25.3 Å². The summed E-state index contributed by atoms with van der Waals surface area (Å²) in [6, 6.07) is 0. The molecule has 0 spiro atoms. The Hall–Kier alpha value is -0.0800. The smallest absolute Gasteiger partial charge is 0.0806 e. The second-order valence-corrected chi connectivity index (χ2v) is 5.73. The zero-order valence-electron chi connectivity index (χ0n) is 12.1. The summed E-state index contributed by atoms with van der Waals surface area (Å²) in [4.78, 5) is 0. The lowest BCUT2D eigenvalue weighted by atomic mass is 9.84. The Morgan fingerprint density at radius 3 is 2.47 bits per heavy atom. The fourth-order valence-electron chi connectivity index (χ4n) is 2.82. The van der Waals surface area contributed by atoms with E-state index in [-0.39, 0.29) is 5.60 Å². The van der Waals surface area contributed by atoms with Crippen LogP contribution in [0.4, 0.5) is 0 Å². The molecule has 1 atom stereocenters. The molecule has 1 saturated carbocycles. The zero-order valence-corrected chi connectivity index (χ0v) is 12.1. The van der Waals surface area contributed by atoms with Crippen molar-refractivity contribution >= 4 is 0 Å². The molecule has 0 radical (unpaired) electrons. The normalized spacial score (nSPS) is 21.4. The van der Waals surface area contributed by atoms with Crippen LogP contribution in [-0.2, 0) is 4.74 Å². The monoisotopic (exact) mass is 241 g/mol. The molecule has 0 heterocycles. The van der Waals surface area contributed by atoms with Gasteiger partial charge >= 0.3 is 0 Å². The zero-order chi connectivity index (χ0) is 12.6. The van der Waals surface area contributed by atoms with E-state index in [0.717, 1.165) is 19.7 Å². The predicted molar refractivity (Wildman–Crippen MR) is 74.4 cm³/mol. The van der Waals surface area contributed by atoms with E-state index in [1.54, 1.807) is 0 Å². The second-order valence-electron chi connectivity index (χ2n) is 5.73. The maximum Gasteiger partial charge on any atom is 0.0806 e. The summed E-state index contributed by atoms with van der Waals surface area (Å²) in [7, 11) is 0. The van der Waals surface area contributed by atoms with Crippen LogP contribution < -0.4 is 5.32 Å². The van der Waals surface area contributed by atoms with Crippen molar-refractivity contribution in [2.75, 3.05) is 19.7 Å². The van der Waals surface area contributed by atoms with Crippen molar-refractivity contribution in [1.29, 1.82) is 0 Å². The highest BCUT2D eigenvalue weighted by molar-refractivity contribution is 4.86. The lowest BCUT2D eigenvalue weighted by Gasteiger charge is -2.38. The first-order chi connectivity index (χ1) is 8.22. The van der Waals surface area contributed by atoms with Crippen LogP contribution in [0.5, 0.6) is 0 Å². The SMILES string of the molecule is CCCC(C)COC1(CNCC)CCCCC1. The maximum atomic E-state index is 6.32. The molecular weight excluding hydrogens is 210 g/mol. The summed E-state index contributed by atoms with van der Waals surface area (Å²) in [6.07, 6.45) is 9.13. The lowest BCUT2D eigenvalue weighted by molar-refractivity contribution is -0.0803. The standard InChI is InChI=1S/C15H31NO/c1-4-9-14(3)12-17-15(13-16-5-2)10-7-6-8-11-15/h14,16H,4-13H2,1-3H3. The van der Waals surface area contributed by atoms with E-state index in [2.05, 4.69) is 26.1 Å². The molecule has 1 rings (SSSR count). The third-order valence-corrected chi connectivity index (χ3v) is 3.92. The van der Waals surface area contributed by atoms with Crippen molar-refractivity contribution in [3.63, 3.8) is 0 Å². The van der Waals surface area contributed by atoms with Crippen molar-refractivity contribution in [2.45, 2.75) is 71.3 Å². The molecule has 0 aromatic rings. The molecule has 0 amide bonds. The highest BCUT2D eigenvalue weighted by Gasteiger charge is 2.32. The predicted octanol–water partition coefficient (Wildman–Crippen LogP) is 3.75. The van der Waals surface area contributed by atoms with Gasteiger partial charge in [-0.05, 0) is 31.7 Å².